The van der Waals surface area contributed by atoms with E-state index in [4.69, 9.17) is 13.7 Å². The van der Waals surface area contributed by atoms with Crippen LogP contribution in [0.15, 0.2) is 33.6 Å². The molecule has 42 heavy (non-hydrogen) atoms. The lowest BCUT2D eigenvalue weighted by Gasteiger charge is -2.36. The van der Waals surface area contributed by atoms with Crippen molar-refractivity contribution in [3.63, 3.8) is 0 Å². The van der Waals surface area contributed by atoms with Crippen LogP contribution in [0.2, 0.25) is 0 Å². The highest BCUT2D eigenvalue weighted by Gasteiger charge is 2.48. The Kier molecular flexibility index (Phi) is 11.2. The molecule has 1 aliphatic heterocycles. The van der Waals surface area contributed by atoms with Gasteiger partial charge in [-0.3, -0.25) is 13.8 Å². The van der Waals surface area contributed by atoms with Gasteiger partial charge in [-0.15, -0.1) is 0 Å². The summed E-state index contributed by atoms with van der Waals surface area (Å²) in [6.45, 7) is 13.2. The smallest absolute Gasteiger partial charge is 0.408 e. The Bertz CT molecular complexity index is 1270. The first-order valence-electron chi connectivity index (χ1n) is 13.5. The highest BCUT2D eigenvalue weighted by molar-refractivity contribution is 9.10. The minimum atomic E-state index is -4.26. The van der Waals surface area contributed by atoms with E-state index in [1.807, 2.05) is 0 Å². The molecule has 4 atom stereocenters. The van der Waals surface area contributed by atoms with E-state index in [2.05, 4.69) is 26.6 Å². The third-order valence-corrected chi connectivity index (χ3v) is 8.63. The third kappa shape index (κ3) is 9.14. The number of esters is 1. The summed E-state index contributed by atoms with van der Waals surface area (Å²) in [5.74, 6) is -2.02. The predicted molar refractivity (Wildman–Crippen MR) is 158 cm³/mol. The lowest BCUT2D eigenvalue weighted by Crippen LogP contribution is -2.61. The van der Waals surface area contributed by atoms with Crippen molar-refractivity contribution >= 4 is 49.9 Å². The second-order valence-corrected chi connectivity index (χ2v) is 15.0. The maximum Gasteiger partial charge on any atom is 0.408 e. The summed E-state index contributed by atoms with van der Waals surface area (Å²) in [4.78, 5) is 53.9. The minimum Gasteiger partial charge on any atom is -0.467 e. The average Bonchev–Trinajstić information content (AvgIpc) is 3.28. The Morgan fingerprint density at radius 3 is 2.10 bits per heavy atom. The van der Waals surface area contributed by atoms with Crippen molar-refractivity contribution in [1.82, 2.24) is 15.5 Å². The Morgan fingerprint density at radius 1 is 1.05 bits per heavy atom. The molecule has 0 unspecified atom stereocenters. The number of alkyl carbamates (subject to hydrolysis) is 1. The van der Waals surface area contributed by atoms with Gasteiger partial charge >= 0.3 is 12.1 Å². The summed E-state index contributed by atoms with van der Waals surface area (Å²) >= 11 is 3.26. The molecule has 1 saturated heterocycles. The van der Waals surface area contributed by atoms with Gasteiger partial charge in [-0.25, -0.2) is 9.59 Å². The number of nitrogens with zero attached hydrogens (tertiary/aromatic N) is 1. The number of nitrogens with one attached hydrogen (secondary N) is 2. The van der Waals surface area contributed by atoms with Gasteiger partial charge in [0.15, 0.2) is 0 Å². The van der Waals surface area contributed by atoms with Gasteiger partial charge in [-0.05, 0) is 63.8 Å². The highest BCUT2D eigenvalue weighted by Crippen LogP contribution is 2.30. The van der Waals surface area contributed by atoms with Crippen LogP contribution in [0.1, 0.15) is 68.2 Å². The van der Waals surface area contributed by atoms with Crippen LogP contribution in [0.4, 0.5) is 4.79 Å². The van der Waals surface area contributed by atoms with Gasteiger partial charge in [0.1, 0.15) is 23.2 Å². The van der Waals surface area contributed by atoms with Crippen LogP contribution in [-0.2, 0) is 38.2 Å². The van der Waals surface area contributed by atoms with Crippen LogP contribution in [-0.4, -0.2) is 80.2 Å². The highest BCUT2D eigenvalue weighted by atomic mass is 79.9. The van der Waals surface area contributed by atoms with E-state index >= 15 is 0 Å². The SMILES string of the molecule is CC[C@](C)(NC(=O)[C@@H]1C[C@H](OS(=O)(=O)c2ccc(Br)cc2)CN1C(=O)[C@@H](NC(=O)OC(C)(C)C)C(C)(C)C)C(=O)OC. The summed E-state index contributed by atoms with van der Waals surface area (Å²) < 4.78 is 42.5. The number of hydrogen-bond acceptors (Lipinski definition) is 9. The molecule has 12 nitrogen and oxygen atoms in total. The zero-order valence-electron chi connectivity index (χ0n) is 25.6. The first-order chi connectivity index (χ1) is 19.1. The number of ether oxygens (including phenoxy) is 2. The van der Waals surface area contributed by atoms with Crippen LogP contribution in [0, 0.1) is 5.41 Å². The molecule has 0 aromatic heterocycles. The number of carbonyl (C=O) groups is 4. The van der Waals surface area contributed by atoms with Crippen molar-refractivity contribution < 1.29 is 41.3 Å². The second kappa shape index (κ2) is 13.3. The number of halogens is 1. The lowest BCUT2D eigenvalue weighted by atomic mass is 9.85. The quantitative estimate of drug-likeness (QED) is 0.295. The van der Waals surface area contributed by atoms with E-state index in [1.165, 1.54) is 31.1 Å². The summed E-state index contributed by atoms with van der Waals surface area (Å²) in [6.07, 6.45) is -1.91. The molecule has 2 rings (SSSR count). The van der Waals surface area contributed by atoms with Gasteiger partial charge in [0.05, 0.1) is 18.1 Å². The number of methoxy groups -OCH3 is 1. The van der Waals surface area contributed by atoms with E-state index in [9.17, 15) is 27.6 Å². The van der Waals surface area contributed by atoms with Gasteiger partial charge < -0.3 is 25.0 Å². The summed E-state index contributed by atoms with van der Waals surface area (Å²) in [5, 5.41) is 5.27. The molecular weight excluding hydrogens is 634 g/mol. The van der Waals surface area contributed by atoms with Gasteiger partial charge in [0, 0.05) is 17.4 Å². The number of rotatable bonds is 9. The van der Waals surface area contributed by atoms with E-state index in [-0.39, 0.29) is 24.3 Å². The Hall–Kier alpha value is -2.71. The first kappa shape index (κ1) is 35.5. The molecule has 3 amide bonds. The number of likely N-dealkylation sites (tertiary alicyclic amines) is 1. The number of benzene rings is 1. The molecule has 236 valence electrons. The van der Waals surface area contributed by atoms with Crippen LogP contribution in [0.25, 0.3) is 0 Å². The number of amides is 3. The Labute approximate surface area is 256 Å². The van der Waals surface area contributed by atoms with E-state index < -0.39 is 68.7 Å². The van der Waals surface area contributed by atoms with Crippen molar-refractivity contribution in [2.24, 2.45) is 5.41 Å². The van der Waals surface area contributed by atoms with Crippen LogP contribution >= 0.6 is 15.9 Å². The van der Waals surface area contributed by atoms with E-state index in [0.717, 1.165) is 0 Å². The molecule has 14 heteroatoms. The molecule has 1 aliphatic rings. The van der Waals surface area contributed by atoms with E-state index in [0.29, 0.717) is 4.47 Å². The molecule has 2 N–H and O–H groups in total. The minimum absolute atomic E-state index is 0.0973. The Morgan fingerprint density at radius 2 is 1.62 bits per heavy atom. The van der Waals surface area contributed by atoms with Crippen molar-refractivity contribution in [2.45, 2.75) is 102 Å². The fourth-order valence-electron chi connectivity index (χ4n) is 4.30. The van der Waals surface area contributed by atoms with Gasteiger partial charge in [-0.1, -0.05) is 43.6 Å². The molecule has 0 radical (unpaired) electrons. The summed E-state index contributed by atoms with van der Waals surface area (Å²) in [5.41, 5.74) is -3.06. The maximum absolute atomic E-state index is 14.0. The average molecular weight is 677 g/mol. The second-order valence-electron chi connectivity index (χ2n) is 12.5. The zero-order chi connectivity index (χ0) is 32.3. The molecule has 1 fully saturated rings. The van der Waals surface area contributed by atoms with Crippen molar-refractivity contribution in [3.8, 4) is 0 Å². The molecule has 0 bridgehead atoms. The monoisotopic (exact) mass is 675 g/mol. The topological polar surface area (TPSA) is 157 Å². The zero-order valence-corrected chi connectivity index (χ0v) is 28.0. The molecule has 1 heterocycles. The van der Waals surface area contributed by atoms with Crippen molar-refractivity contribution in [2.75, 3.05) is 13.7 Å². The van der Waals surface area contributed by atoms with Crippen molar-refractivity contribution in [1.29, 1.82) is 0 Å². The normalized spacial score (nSPS) is 19.8. The van der Waals surface area contributed by atoms with Gasteiger partial charge in [0.2, 0.25) is 11.8 Å². The Balaban J connectivity index is 2.45. The summed E-state index contributed by atoms with van der Waals surface area (Å²) in [6, 6.07) is 3.46. The summed E-state index contributed by atoms with van der Waals surface area (Å²) in [7, 11) is -3.06. The van der Waals surface area contributed by atoms with Crippen LogP contribution in [0.3, 0.4) is 0 Å². The van der Waals surface area contributed by atoms with Gasteiger partial charge in [0.25, 0.3) is 10.1 Å². The molecular formula is C28H42BrN3O9S. The third-order valence-electron chi connectivity index (χ3n) is 6.73. The fraction of sp³-hybridized carbons (Fsp3) is 0.643. The molecule has 0 spiro atoms. The number of hydrogen-bond donors (Lipinski definition) is 2. The predicted octanol–water partition coefficient (Wildman–Crippen LogP) is 3.52. The number of carbonyl (C=O) groups excluding carboxylic acids is 4. The molecule has 0 saturated carbocycles. The molecule has 1 aromatic carbocycles. The van der Waals surface area contributed by atoms with Crippen molar-refractivity contribution in [3.05, 3.63) is 28.7 Å². The van der Waals surface area contributed by atoms with Gasteiger partial charge in [-0.2, -0.15) is 8.42 Å². The molecule has 1 aromatic rings. The van der Waals surface area contributed by atoms with Crippen LogP contribution < -0.4 is 10.6 Å². The van der Waals surface area contributed by atoms with Crippen LogP contribution in [0.5, 0.6) is 0 Å². The maximum atomic E-state index is 14.0. The standard InChI is InChI=1S/C28H42BrN3O9S/c1-10-28(8,24(35)39-9)31-22(33)20-15-18(41-42(37,38)19-13-11-17(29)12-14-19)16-32(20)23(34)21(26(2,3)4)30-25(36)40-27(5,6)7/h11-14,18,20-21H,10,15-16H2,1-9H3,(H,30,36)(H,31,33)/t18-,20-,21+,28-/m0/s1. The fourth-order valence-corrected chi connectivity index (χ4v) is 5.64. The lowest BCUT2D eigenvalue weighted by molar-refractivity contribution is -0.151. The molecule has 0 aliphatic carbocycles. The first-order valence-corrected chi connectivity index (χ1v) is 15.7. The van der Waals surface area contributed by atoms with E-state index in [1.54, 1.807) is 60.6 Å². The largest absolute Gasteiger partial charge is 0.467 e.